The molecule has 1 aliphatic rings. The second kappa shape index (κ2) is 4.25. The first-order valence-corrected chi connectivity index (χ1v) is 5.97. The molecule has 0 atom stereocenters. The lowest BCUT2D eigenvalue weighted by atomic mass is 10.1. The molecule has 0 aromatic carbocycles. The maximum absolute atomic E-state index is 11.7. The summed E-state index contributed by atoms with van der Waals surface area (Å²) in [4.78, 5) is 11.7. The zero-order valence-electron chi connectivity index (χ0n) is 9.62. The van der Waals surface area contributed by atoms with E-state index < -0.39 is 0 Å². The first-order valence-electron chi connectivity index (χ1n) is 5.97. The summed E-state index contributed by atoms with van der Waals surface area (Å²) in [5.74, 6) is 0.597. The summed E-state index contributed by atoms with van der Waals surface area (Å²) in [5.41, 5.74) is 1.24. The van der Waals surface area contributed by atoms with E-state index in [2.05, 4.69) is 18.9 Å². The molecule has 3 heteroatoms. The highest BCUT2D eigenvalue weighted by Crippen LogP contribution is 2.27. The fourth-order valence-corrected chi connectivity index (χ4v) is 2.44. The van der Waals surface area contributed by atoms with E-state index in [0.29, 0.717) is 12.0 Å². The minimum Gasteiger partial charge on any atom is -0.299 e. The molecule has 1 N–H and O–H groups in total. The Morgan fingerprint density at radius 3 is 2.73 bits per heavy atom. The Labute approximate surface area is 90.5 Å². The van der Waals surface area contributed by atoms with Crippen molar-refractivity contribution in [3.8, 4) is 0 Å². The van der Waals surface area contributed by atoms with Crippen LogP contribution in [0.5, 0.6) is 0 Å². The van der Waals surface area contributed by atoms with Gasteiger partial charge >= 0.3 is 0 Å². The molecule has 84 valence electrons. The highest BCUT2D eigenvalue weighted by atomic mass is 16.1. The number of rotatable bonds is 3. The molecule has 1 aromatic rings. The molecule has 0 aliphatic heterocycles. The van der Waals surface area contributed by atoms with E-state index in [9.17, 15) is 4.79 Å². The maximum atomic E-state index is 11.7. The van der Waals surface area contributed by atoms with Crippen molar-refractivity contribution >= 4 is 0 Å². The zero-order chi connectivity index (χ0) is 10.8. The van der Waals surface area contributed by atoms with Gasteiger partial charge in [-0.2, -0.15) is 0 Å². The number of H-pyrrole nitrogens is 1. The highest BCUT2D eigenvalue weighted by Gasteiger charge is 2.19. The van der Waals surface area contributed by atoms with Gasteiger partial charge in [0, 0.05) is 11.8 Å². The molecule has 15 heavy (non-hydrogen) atoms. The van der Waals surface area contributed by atoms with Gasteiger partial charge in [-0.3, -0.25) is 9.89 Å². The van der Waals surface area contributed by atoms with Gasteiger partial charge in [-0.25, -0.2) is 4.68 Å². The van der Waals surface area contributed by atoms with Crippen LogP contribution in [0.4, 0.5) is 0 Å². The van der Waals surface area contributed by atoms with E-state index in [1.54, 1.807) is 6.07 Å². The summed E-state index contributed by atoms with van der Waals surface area (Å²) in [5, 5.41) is 3.26. The summed E-state index contributed by atoms with van der Waals surface area (Å²) in [6, 6.07) is 2.19. The third kappa shape index (κ3) is 2.33. The molecule has 0 bridgehead atoms. The molecule has 1 aromatic heterocycles. The van der Waals surface area contributed by atoms with Crippen LogP contribution in [0.1, 0.15) is 51.3 Å². The molecule has 0 radical (unpaired) electrons. The van der Waals surface area contributed by atoms with Crippen molar-refractivity contribution in [2.75, 3.05) is 0 Å². The van der Waals surface area contributed by atoms with Crippen molar-refractivity contribution in [1.82, 2.24) is 9.78 Å². The summed E-state index contributed by atoms with van der Waals surface area (Å²) in [6.45, 7) is 4.34. The molecule has 0 unspecified atom stereocenters. The first-order chi connectivity index (χ1) is 7.16. The van der Waals surface area contributed by atoms with E-state index in [0.717, 1.165) is 25.0 Å². The lowest BCUT2D eigenvalue weighted by molar-refractivity contribution is 0.448. The number of nitrogens with zero attached hydrogens (tertiary/aromatic N) is 1. The number of hydrogen-bond donors (Lipinski definition) is 1. The number of aromatic amines is 1. The van der Waals surface area contributed by atoms with Gasteiger partial charge in [-0.1, -0.05) is 26.7 Å². The standard InChI is InChI=1S/C12H20N2O/c1-9(2)7-10-8-12(15)14(13-10)11-5-3-4-6-11/h8-9,11,13H,3-7H2,1-2H3. The van der Waals surface area contributed by atoms with Crippen LogP contribution in [0, 0.1) is 5.92 Å². The molecule has 3 nitrogen and oxygen atoms in total. The fraction of sp³-hybridized carbons (Fsp3) is 0.750. The maximum Gasteiger partial charge on any atom is 0.266 e. The summed E-state index contributed by atoms with van der Waals surface area (Å²) in [7, 11) is 0. The average molecular weight is 208 g/mol. The zero-order valence-corrected chi connectivity index (χ0v) is 9.62. The SMILES string of the molecule is CC(C)Cc1cc(=O)n(C2CCCC2)[nH]1. The Hall–Kier alpha value is -0.990. The lowest BCUT2D eigenvalue weighted by Gasteiger charge is -2.09. The van der Waals surface area contributed by atoms with Crippen molar-refractivity contribution in [1.29, 1.82) is 0 Å². The van der Waals surface area contributed by atoms with Crippen LogP contribution in [0.15, 0.2) is 10.9 Å². The van der Waals surface area contributed by atoms with E-state index in [-0.39, 0.29) is 5.56 Å². The quantitative estimate of drug-likeness (QED) is 0.814. The van der Waals surface area contributed by atoms with Crippen LogP contribution in [0.2, 0.25) is 0 Å². The summed E-state index contributed by atoms with van der Waals surface area (Å²) >= 11 is 0. The van der Waals surface area contributed by atoms with Gasteiger partial charge in [0.2, 0.25) is 0 Å². The van der Waals surface area contributed by atoms with Gasteiger partial charge in [0.25, 0.3) is 5.56 Å². The van der Waals surface area contributed by atoms with E-state index in [1.807, 2.05) is 4.68 Å². The van der Waals surface area contributed by atoms with Crippen molar-refractivity contribution in [2.45, 2.75) is 52.0 Å². The predicted molar refractivity (Wildman–Crippen MR) is 61.1 cm³/mol. The second-order valence-corrected chi connectivity index (χ2v) is 5.03. The second-order valence-electron chi connectivity index (χ2n) is 5.03. The minimum atomic E-state index is 0.151. The largest absolute Gasteiger partial charge is 0.299 e. The lowest BCUT2D eigenvalue weighted by Crippen LogP contribution is -2.19. The van der Waals surface area contributed by atoms with Gasteiger partial charge in [0.15, 0.2) is 0 Å². The monoisotopic (exact) mass is 208 g/mol. The van der Waals surface area contributed by atoms with Crippen LogP contribution in [0.3, 0.4) is 0 Å². The van der Waals surface area contributed by atoms with Crippen LogP contribution >= 0.6 is 0 Å². The van der Waals surface area contributed by atoms with Crippen molar-refractivity contribution in [3.63, 3.8) is 0 Å². The molecule has 1 aliphatic carbocycles. The normalized spacial score (nSPS) is 17.8. The van der Waals surface area contributed by atoms with Crippen LogP contribution < -0.4 is 5.56 Å². The smallest absolute Gasteiger partial charge is 0.266 e. The molecule has 0 spiro atoms. The van der Waals surface area contributed by atoms with Gasteiger partial charge in [-0.05, 0) is 25.2 Å². The summed E-state index contributed by atoms with van der Waals surface area (Å²) in [6.07, 6.45) is 5.79. The number of nitrogens with one attached hydrogen (secondary N) is 1. The molecule has 0 amide bonds. The summed E-state index contributed by atoms with van der Waals surface area (Å²) < 4.78 is 1.84. The molecule has 0 saturated heterocycles. The number of aromatic nitrogens is 2. The minimum absolute atomic E-state index is 0.151. The molecule has 1 saturated carbocycles. The molecule has 1 heterocycles. The van der Waals surface area contributed by atoms with E-state index in [4.69, 9.17) is 0 Å². The Bertz CT molecular complexity index is 369. The third-order valence-corrected chi connectivity index (χ3v) is 3.12. The van der Waals surface area contributed by atoms with E-state index in [1.165, 1.54) is 12.8 Å². The van der Waals surface area contributed by atoms with Crippen molar-refractivity contribution in [3.05, 3.63) is 22.1 Å². The number of hydrogen-bond acceptors (Lipinski definition) is 1. The topological polar surface area (TPSA) is 37.8 Å². The van der Waals surface area contributed by atoms with Gasteiger partial charge in [0.1, 0.15) is 0 Å². The van der Waals surface area contributed by atoms with Crippen molar-refractivity contribution in [2.24, 2.45) is 5.92 Å². The fourth-order valence-electron chi connectivity index (χ4n) is 2.44. The Morgan fingerprint density at radius 2 is 2.13 bits per heavy atom. The molecule has 2 rings (SSSR count). The molecular formula is C12H20N2O. The Morgan fingerprint density at radius 1 is 1.47 bits per heavy atom. The van der Waals surface area contributed by atoms with Gasteiger partial charge in [0.05, 0.1) is 6.04 Å². The first kappa shape index (κ1) is 10.5. The van der Waals surface area contributed by atoms with Crippen LogP contribution in [-0.4, -0.2) is 9.78 Å². The predicted octanol–water partition coefficient (Wildman–Crippen LogP) is 2.49. The van der Waals surface area contributed by atoms with Crippen LogP contribution in [0.25, 0.3) is 0 Å². The Balaban J connectivity index is 2.17. The molecular weight excluding hydrogens is 188 g/mol. The van der Waals surface area contributed by atoms with Crippen LogP contribution in [-0.2, 0) is 6.42 Å². The average Bonchev–Trinajstić information content (AvgIpc) is 2.72. The highest BCUT2D eigenvalue weighted by molar-refractivity contribution is 5.01. The van der Waals surface area contributed by atoms with E-state index >= 15 is 0 Å². The molecule has 1 fully saturated rings. The van der Waals surface area contributed by atoms with Crippen molar-refractivity contribution < 1.29 is 0 Å². The third-order valence-electron chi connectivity index (χ3n) is 3.12. The Kier molecular flexibility index (Phi) is 2.98. The van der Waals surface area contributed by atoms with Gasteiger partial charge in [-0.15, -0.1) is 0 Å². The van der Waals surface area contributed by atoms with Gasteiger partial charge < -0.3 is 0 Å².